The van der Waals surface area contributed by atoms with Gasteiger partial charge in [0.2, 0.25) is 0 Å². The van der Waals surface area contributed by atoms with E-state index in [9.17, 15) is 0 Å². The molecule has 0 N–H and O–H groups in total. The van der Waals surface area contributed by atoms with Crippen molar-refractivity contribution in [1.82, 2.24) is 4.57 Å². The summed E-state index contributed by atoms with van der Waals surface area (Å²) in [5, 5.41) is 2.49. The van der Waals surface area contributed by atoms with Gasteiger partial charge in [-0.1, -0.05) is 133 Å². The fraction of sp³-hybridized carbons (Fsp3) is 0. The molecule has 0 aliphatic rings. The van der Waals surface area contributed by atoms with Crippen LogP contribution in [0.5, 0.6) is 0 Å². The first-order chi connectivity index (χ1) is 21.8. The lowest BCUT2D eigenvalue weighted by Gasteiger charge is -2.28. The normalized spacial score (nSPS) is 11.2. The van der Waals surface area contributed by atoms with Crippen molar-refractivity contribution in [2.24, 2.45) is 0 Å². The van der Waals surface area contributed by atoms with E-state index in [1.807, 2.05) is 0 Å². The minimum Gasteiger partial charge on any atom is -0.310 e. The summed E-state index contributed by atoms with van der Waals surface area (Å²) in [5.74, 6) is 0. The molecule has 0 radical (unpaired) electrons. The van der Waals surface area contributed by atoms with Crippen LogP contribution in [-0.4, -0.2) is 4.57 Å². The molecule has 0 atom stereocenters. The van der Waals surface area contributed by atoms with Gasteiger partial charge in [0.05, 0.1) is 16.7 Å². The highest BCUT2D eigenvalue weighted by atomic mass is 15.1. The van der Waals surface area contributed by atoms with Crippen LogP contribution in [0.2, 0.25) is 0 Å². The Kier molecular flexibility index (Phi) is 6.51. The summed E-state index contributed by atoms with van der Waals surface area (Å²) in [6.45, 7) is 0. The third kappa shape index (κ3) is 4.54. The first-order valence-corrected chi connectivity index (χ1v) is 15.0. The minimum atomic E-state index is 1.10. The quantitative estimate of drug-likeness (QED) is 0.196. The average Bonchev–Trinajstić information content (AvgIpc) is 3.44. The molecule has 0 aliphatic carbocycles. The molecule has 0 spiro atoms. The van der Waals surface area contributed by atoms with Gasteiger partial charge in [0.1, 0.15) is 0 Å². The number of anilines is 3. The van der Waals surface area contributed by atoms with E-state index < -0.39 is 0 Å². The lowest BCUT2D eigenvalue weighted by Crippen LogP contribution is -2.11. The Balaban J connectivity index is 1.37. The number of aromatic nitrogens is 1. The maximum atomic E-state index is 2.39. The number of hydrogen-bond donors (Lipinski definition) is 0. The molecule has 1 heterocycles. The second kappa shape index (κ2) is 11.1. The summed E-state index contributed by atoms with van der Waals surface area (Å²) in [5.41, 5.74) is 11.7. The number of benzene rings is 7. The molecule has 2 heteroatoms. The van der Waals surface area contributed by atoms with Crippen LogP contribution in [0.15, 0.2) is 182 Å². The van der Waals surface area contributed by atoms with Gasteiger partial charge in [0, 0.05) is 33.4 Å². The van der Waals surface area contributed by atoms with Crippen molar-refractivity contribution in [1.29, 1.82) is 0 Å². The molecule has 1 aromatic heterocycles. The Morgan fingerprint density at radius 2 is 0.909 bits per heavy atom. The SMILES string of the molecule is c1ccc(-c2ccc(N(c3ccc4c5ccccc5n(-c5ccccc5)c4c3)c3ccccc3-c3ccccc3)cc2)cc1. The lowest BCUT2D eigenvalue weighted by molar-refractivity contribution is 1.18. The average molecular weight is 563 g/mol. The fourth-order valence-corrected chi connectivity index (χ4v) is 6.34. The summed E-state index contributed by atoms with van der Waals surface area (Å²) < 4.78 is 2.38. The molecule has 0 aliphatic heterocycles. The van der Waals surface area contributed by atoms with Crippen LogP contribution in [0.4, 0.5) is 17.1 Å². The molecule has 2 nitrogen and oxygen atoms in total. The number of hydrogen-bond acceptors (Lipinski definition) is 1. The summed E-state index contributed by atoms with van der Waals surface area (Å²) in [7, 11) is 0. The number of nitrogens with zero attached hydrogens (tertiary/aromatic N) is 2. The molecule has 0 saturated heterocycles. The van der Waals surface area contributed by atoms with Crippen molar-refractivity contribution in [3.8, 4) is 27.9 Å². The third-order valence-corrected chi connectivity index (χ3v) is 8.39. The summed E-state index contributed by atoms with van der Waals surface area (Å²) in [6.07, 6.45) is 0. The van der Waals surface area contributed by atoms with E-state index in [1.165, 1.54) is 44.1 Å². The standard InChI is InChI=1S/C42H30N2/c1-4-14-31(15-5-1)32-24-26-35(27-25-32)43(40-22-12-10-20-37(40)33-16-6-2-7-17-33)36-28-29-39-38-21-11-13-23-41(38)44(42(39)30-36)34-18-8-3-9-19-34/h1-30H. The zero-order valence-electron chi connectivity index (χ0n) is 24.2. The predicted molar refractivity (Wildman–Crippen MR) is 186 cm³/mol. The number of rotatable bonds is 6. The van der Waals surface area contributed by atoms with Crippen molar-refractivity contribution in [2.45, 2.75) is 0 Å². The van der Waals surface area contributed by atoms with Crippen molar-refractivity contribution in [3.63, 3.8) is 0 Å². The molecule has 7 aromatic carbocycles. The van der Waals surface area contributed by atoms with Gasteiger partial charge in [-0.3, -0.25) is 0 Å². The van der Waals surface area contributed by atoms with Gasteiger partial charge in [-0.2, -0.15) is 0 Å². The molecule has 0 amide bonds. The highest BCUT2D eigenvalue weighted by Gasteiger charge is 2.20. The fourth-order valence-electron chi connectivity index (χ4n) is 6.34. The van der Waals surface area contributed by atoms with E-state index in [0.717, 1.165) is 22.7 Å². The Morgan fingerprint density at radius 3 is 1.66 bits per heavy atom. The van der Waals surface area contributed by atoms with E-state index in [-0.39, 0.29) is 0 Å². The van der Waals surface area contributed by atoms with E-state index in [1.54, 1.807) is 0 Å². The highest BCUT2D eigenvalue weighted by Crippen LogP contribution is 2.43. The van der Waals surface area contributed by atoms with Crippen molar-refractivity contribution >= 4 is 38.9 Å². The number of fused-ring (bicyclic) bond motifs is 3. The second-order valence-electron chi connectivity index (χ2n) is 11.0. The van der Waals surface area contributed by atoms with Crippen molar-refractivity contribution in [3.05, 3.63) is 182 Å². The minimum absolute atomic E-state index is 1.10. The highest BCUT2D eigenvalue weighted by molar-refractivity contribution is 6.10. The van der Waals surface area contributed by atoms with Crippen LogP contribution in [0.3, 0.4) is 0 Å². The van der Waals surface area contributed by atoms with Crippen LogP contribution in [0.25, 0.3) is 49.7 Å². The van der Waals surface area contributed by atoms with Gasteiger partial charge in [-0.15, -0.1) is 0 Å². The van der Waals surface area contributed by atoms with Gasteiger partial charge in [-0.25, -0.2) is 0 Å². The molecule has 0 unspecified atom stereocenters. The summed E-state index contributed by atoms with van der Waals surface area (Å²) in [6, 6.07) is 65.1. The van der Waals surface area contributed by atoms with Crippen LogP contribution < -0.4 is 4.90 Å². The maximum absolute atomic E-state index is 2.39. The topological polar surface area (TPSA) is 8.17 Å². The van der Waals surface area contributed by atoms with E-state index >= 15 is 0 Å². The van der Waals surface area contributed by atoms with Crippen molar-refractivity contribution < 1.29 is 0 Å². The van der Waals surface area contributed by atoms with E-state index in [0.29, 0.717) is 0 Å². The lowest BCUT2D eigenvalue weighted by atomic mass is 10.0. The Morgan fingerprint density at radius 1 is 0.364 bits per heavy atom. The maximum Gasteiger partial charge on any atom is 0.0561 e. The van der Waals surface area contributed by atoms with E-state index in [2.05, 4.69) is 191 Å². The zero-order valence-corrected chi connectivity index (χ0v) is 24.2. The molecule has 0 bridgehead atoms. The first kappa shape index (κ1) is 25.8. The predicted octanol–water partition coefficient (Wildman–Crippen LogP) is 11.6. The molecule has 8 rings (SSSR count). The molecular formula is C42H30N2. The Bertz CT molecular complexity index is 2200. The monoisotopic (exact) mass is 562 g/mol. The molecule has 0 saturated carbocycles. The molecule has 0 fully saturated rings. The molecular weight excluding hydrogens is 532 g/mol. The Labute approximate surface area is 257 Å². The van der Waals surface area contributed by atoms with Crippen LogP contribution in [0.1, 0.15) is 0 Å². The summed E-state index contributed by atoms with van der Waals surface area (Å²) in [4.78, 5) is 2.39. The largest absolute Gasteiger partial charge is 0.310 e. The van der Waals surface area contributed by atoms with E-state index in [4.69, 9.17) is 0 Å². The third-order valence-electron chi connectivity index (χ3n) is 8.39. The van der Waals surface area contributed by atoms with Gasteiger partial charge < -0.3 is 9.47 Å². The number of para-hydroxylation sites is 3. The second-order valence-corrected chi connectivity index (χ2v) is 11.0. The molecule has 8 aromatic rings. The van der Waals surface area contributed by atoms with Gasteiger partial charge >= 0.3 is 0 Å². The van der Waals surface area contributed by atoms with Gasteiger partial charge in [-0.05, 0) is 65.2 Å². The van der Waals surface area contributed by atoms with Crippen LogP contribution in [-0.2, 0) is 0 Å². The van der Waals surface area contributed by atoms with Crippen LogP contribution in [0, 0.1) is 0 Å². The van der Waals surface area contributed by atoms with Gasteiger partial charge in [0.15, 0.2) is 0 Å². The van der Waals surface area contributed by atoms with Crippen molar-refractivity contribution in [2.75, 3.05) is 4.90 Å². The summed E-state index contributed by atoms with van der Waals surface area (Å²) >= 11 is 0. The smallest absolute Gasteiger partial charge is 0.0561 e. The van der Waals surface area contributed by atoms with Gasteiger partial charge in [0.25, 0.3) is 0 Å². The first-order valence-electron chi connectivity index (χ1n) is 15.0. The zero-order chi connectivity index (χ0) is 29.3. The Hall–Kier alpha value is -5.86. The molecule has 44 heavy (non-hydrogen) atoms. The molecule has 208 valence electrons. The van der Waals surface area contributed by atoms with Crippen LogP contribution >= 0.6 is 0 Å².